The van der Waals surface area contributed by atoms with Crippen LogP contribution in [0.2, 0.25) is 0 Å². The number of hydrogen-bond acceptors (Lipinski definition) is 3. The molecule has 2 unspecified atom stereocenters. The maximum Gasteiger partial charge on any atom is 0.338 e. The van der Waals surface area contributed by atoms with Crippen LogP contribution >= 0.6 is 0 Å². The van der Waals surface area contributed by atoms with Crippen LogP contribution in [0.15, 0.2) is 12.1 Å². The van der Waals surface area contributed by atoms with E-state index >= 15 is 0 Å². The van der Waals surface area contributed by atoms with E-state index in [1.54, 1.807) is 0 Å². The average Bonchev–Trinajstić information content (AvgIpc) is 2.40. The molecule has 0 radical (unpaired) electrons. The number of hydrogen-bond donors (Lipinski definition) is 3. The molecule has 0 amide bonds. The predicted molar refractivity (Wildman–Crippen MR) is 77.4 cm³/mol. The number of nitrogen functional groups attached to an aromatic ring is 1. The zero-order chi connectivity index (χ0) is 14.7. The second-order valence-electron chi connectivity index (χ2n) is 5.63. The summed E-state index contributed by atoms with van der Waals surface area (Å²) in [5, 5.41) is 12.0. The Morgan fingerprint density at radius 2 is 2.15 bits per heavy atom. The van der Waals surface area contributed by atoms with Crippen LogP contribution < -0.4 is 11.1 Å². The van der Waals surface area contributed by atoms with Crippen LogP contribution in [0.3, 0.4) is 0 Å². The minimum absolute atomic E-state index is 0.271. The van der Waals surface area contributed by atoms with Gasteiger partial charge in [-0.1, -0.05) is 26.2 Å². The zero-order valence-corrected chi connectivity index (χ0v) is 11.7. The van der Waals surface area contributed by atoms with Crippen LogP contribution in [-0.4, -0.2) is 17.6 Å². The fourth-order valence-corrected chi connectivity index (χ4v) is 2.84. The second kappa shape index (κ2) is 6.11. The van der Waals surface area contributed by atoms with E-state index in [2.05, 4.69) is 12.2 Å². The lowest BCUT2D eigenvalue weighted by molar-refractivity contribution is 0.0692. The normalized spacial score (nSPS) is 22.5. The molecule has 1 aliphatic carbocycles. The summed E-state index contributed by atoms with van der Waals surface area (Å²) in [5.41, 5.74) is 6.14. The minimum atomic E-state index is -1.30. The van der Waals surface area contributed by atoms with Gasteiger partial charge in [-0.15, -0.1) is 0 Å². The van der Waals surface area contributed by atoms with Crippen molar-refractivity contribution in [1.29, 1.82) is 0 Å². The van der Waals surface area contributed by atoms with Crippen LogP contribution in [0.25, 0.3) is 0 Å². The largest absolute Gasteiger partial charge is 0.478 e. The molecule has 0 spiro atoms. The highest BCUT2D eigenvalue weighted by atomic mass is 19.1. The molecule has 1 aromatic rings. The molecule has 0 aromatic heterocycles. The van der Waals surface area contributed by atoms with E-state index < -0.39 is 11.8 Å². The van der Waals surface area contributed by atoms with E-state index in [4.69, 9.17) is 10.8 Å². The van der Waals surface area contributed by atoms with Gasteiger partial charge in [0.15, 0.2) is 0 Å². The number of benzene rings is 1. The lowest BCUT2D eigenvalue weighted by atomic mass is 9.80. The second-order valence-corrected chi connectivity index (χ2v) is 5.63. The summed E-state index contributed by atoms with van der Waals surface area (Å²) in [6.45, 7) is 2.99. The molecule has 4 nitrogen and oxygen atoms in total. The van der Waals surface area contributed by atoms with E-state index in [-0.39, 0.29) is 11.3 Å². The van der Waals surface area contributed by atoms with Crippen LogP contribution in [0.4, 0.5) is 15.8 Å². The molecule has 110 valence electrons. The molecule has 0 saturated heterocycles. The smallest absolute Gasteiger partial charge is 0.338 e. The molecule has 1 saturated carbocycles. The molecule has 1 aromatic carbocycles. The Kier molecular flexibility index (Phi) is 4.47. The van der Waals surface area contributed by atoms with Crippen molar-refractivity contribution in [2.45, 2.75) is 32.6 Å². The van der Waals surface area contributed by atoms with Gasteiger partial charge >= 0.3 is 5.97 Å². The number of nitrogens with one attached hydrogen (secondary N) is 1. The van der Waals surface area contributed by atoms with E-state index in [0.717, 1.165) is 6.54 Å². The molecule has 1 aliphatic rings. The summed E-state index contributed by atoms with van der Waals surface area (Å²) in [6, 6.07) is 2.34. The molecule has 0 aliphatic heterocycles. The summed E-state index contributed by atoms with van der Waals surface area (Å²) in [7, 11) is 0. The lowest BCUT2D eigenvalue weighted by Gasteiger charge is -2.29. The number of halogens is 1. The molecule has 5 heteroatoms. The fraction of sp³-hybridized carbons (Fsp3) is 0.533. The van der Waals surface area contributed by atoms with Crippen molar-refractivity contribution in [1.82, 2.24) is 0 Å². The molecule has 1 fully saturated rings. The van der Waals surface area contributed by atoms with Crippen LogP contribution in [0, 0.1) is 17.7 Å². The third kappa shape index (κ3) is 3.21. The first-order chi connectivity index (χ1) is 9.49. The van der Waals surface area contributed by atoms with Crippen LogP contribution in [0.1, 0.15) is 43.0 Å². The third-order valence-electron chi connectivity index (χ3n) is 4.21. The Morgan fingerprint density at radius 1 is 1.45 bits per heavy atom. The predicted octanol–water partition coefficient (Wildman–Crippen LogP) is 3.34. The summed E-state index contributed by atoms with van der Waals surface area (Å²) in [4.78, 5) is 10.8. The first-order valence-corrected chi connectivity index (χ1v) is 7.05. The number of rotatable bonds is 4. The summed E-state index contributed by atoms with van der Waals surface area (Å²) in [6.07, 6.45) is 4.91. The van der Waals surface area contributed by atoms with Crippen molar-refractivity contribution < 1.29 is 14.3 Å². The Labute approximate surface area is 118 Å². The van der Waals surface area contributed by atoms with Crippen molar-refractivity contribution in [3.05, 3.63) is 23.5 Å². The Morgan fingerprint density at radius 3 is 2.80 bits per heavy atom. The van der Waals surface area contributed by atoms with Crippen molar-refractivity contribution >= 4 is 17.3 Å². The highest BCUT2D eigenvalue weighted by Gasteiger charge is 2.21. The molecular formula is C15H21FN2O2. The average molecular weight is 280 g/mol. The van der Waals surface area contributed by atoms with Crippen molar-refractivity contribution in [2.24, 2.45) is 11.8 Å². The first-order valence-electron chi connectivity index (χ1n) is 7.05. The fourth-order valence-electron chi connectivity index (χ4n) is 2.84. The van der Waals surface area contributed by atoms with Crippen molar-refractivity contribution in [3.8, 4) is 0 Å². The number of aromatic carboxylic acids is 1. The number of carbonyl (C=O) groups is 1. The topological polar surface area (TPSA) is 75.3 Å². The number of carboxylic acids is 1. The molecule has 20 heavy (non-hydrogen) atoms. The highest BCUT2D eigenvalue weighted by molar-refractivity contribution is 5.90. The van der Waals surface area contributed by atoms with Crippen molar-refractivity contribution in [3.63, 3.8) is 0 Å². The van der Waals surface area contributed by atoms with Gasteiger partial charge in [-0.3, -0.25) is 0 Å². The maximum atomic E-state index is 13.6. The van der Waals surface area contributed by atoms with Gasteiger partial charge in [0, 0.05) is 6.54 Å². The van der Waals surface area contributed by atoms with Gasteiger partial charge in [0.1, 0.15) is 5.82 Å². The Bertz CT molecular complexity index is 505. The van der Waals surface area contributed by atoms with Gasteiger partial charge in [-0.25, -0.2) is 9.18 Å². The molecule has 0 heterocycles. The van der Waals surface area contributed by atoms with Gasteiger partial charge in [0.25, 0.3) is 0 Å². The highest BCUT2D eigenvalue weighted by Crippen LogP contribution is 2.30. The monoisotopic (exact) mass is 280 g/mol. The number of anilines is 2. The summed E-state index contributed by atoms with van der Waals surface area (Å²) < 4.78 is 13.6. The zero-order valence-electron chi connectivity index (χ0n) is 11.7. The van der Waals surface area contributed by atoms with Gasteiger partial charge in [-0.2, -0.15) is 0 Å². The van der Waals surface area contributed by atoms with Crippen LogP contribution in [0.5, 0.6) is 0 Å². The van der Waals surface area contributed by atoms with E-state index in [1.807, 2.05) is 0 Å². The quantitative estimate of drug-likeness (QED) is 0.739. The maximum absolute atomic E-state index is 13.6. The Balaban J connectivity index is 2.06. The minimum Gasteiger partial charge on any atom is -0.478 e. The van der Waals surface area contributed by atoms with Gasteiger partial charge in [0.2, 0.25) is 0 Å². The third-order valence-corrected chi connectivity index (χ3v) is 4.21. The van der Waals surface area contributed by atoms with Crippen LogP contribution in [-0.2, 0) is 0 Å². The molecule has 2 rings (SSSR count). The Hall–Kier alpha value is -1.78. The SMILES string of the molecule is CC1CCCCC1CNc1cc(F)c(C(=O)O)cc1N. The van der Waals surface area contributed by atoms with Gasteiger partial charge in [-0.05, 0) is 30.4 Å². The van der Waals surface area contributed by atoms with Crippen molar-refractivity contribution in [2.75, 3.05) is 17.6 Å². The number of nitrogens with two attached hydrogens (primary N) is 1. The standard InChI is InChI=1S/C15H21FN2O2/c1-9-4-2-3-5-10(9)8-18-14-7-12(16)11(15(19)20)6-13(14)17/h6-7,9-10,18H,2-5,8,17H2,1H3,(H,19,20). The first kappa shape index (κ1) is 14.6. The van der Waals surface area contributed by atoms with Gasteiger partial charge < -0.3 is 16.2 Å². The van der Waals surface area contributed by atoms with E-state index in [9.17, 15) is 9.18 Å². The van der Waals surface area contributed by atoms with E-state index in [0.29, 0.717) is 17.5 Å². The number of carboxylic acid groups (broad SMARTS) is 1. The molecule has 2 atom stereocenters. The summed E-state index contributed by atoms with van der Waals surface area (Å²) in [5.74, 6) is -0.849. The molecular weight excluding hydrogens is 259 g/mol. The van der Waals surface area contributed by atoms with E-state index in [1.165, 1.54) is 37.8 Å². The lowest BCUT2D eigenvalue weighted by Crippen LogP contribution is -2.24. The van der Waals surface area contributed by atoms with Gasteiger partial charge in [0.05, 0.1) is 16.9 Å². The molecule has 4 N–H and O–H groups in total. The summed E-state index contributed by atoms with van der Waals surface area (Å²) >= 11 is 0. The molecule has 0 bridgehead atoms.